The predicted molar refractivity (Wildman–Crippen MR) is 218 cm³/mol. The van der Waals surface area contributed by atoms with Crippen LogP contribution in [0.2, 0.25) is 0 Å². The van der Waals surface area contributed by atoms with Crippen molar-refractivity contribution in [2.75, 3.05) is 27.7 Å². The zero-order chi connectivity index (χ0) is 43.5. The zero-order valence-electron chi connectivity index (χ0n) is 37.3. The van der Waals surface area contributed by atoms with Crippen LogP contribution in [-0.4, -0.2) is 159 Å². The molecule has 334 valence electrons. The third kappa shape index (κ3) is 11.2. The van der Waals surface area contributed by atoms with Crippen LogP contribution in [0.25, 0.3) is 0 Å². The Hall–Kier alpha value is -1.79. The lowest BCUT2D eigenvalue weighted by atomic mass is 9.77. The molecule has 3 heterocycles. The highest BCUT2D eigenvalue weighted by molar-refractivity contribution is 5.73. The van der Waals surface area contributed by atoms with Crippen LogP contribution in [0.1, 0.15) is 100 Å². The monoisotopic (exact) mass is 825 g/mol. The van der Waals surface area contributed by atoms with E-state index in [0.717, 1.165) is 5.56 Å². The van der Waals surface area contributed by atoms with Crippen molar-refractivity contribution in [2.24, 2.45) is 17.8 Å². The SMILES string of the molecule is CC[C@H]1OC(=O)[C@H](C)[C@@H](O[C@H]2C[C@@](C)(OC)[C@@H](O)[C@H](C)O2)[C@H](C)[C@@H](O[C@@H]2O[C@H](C)C[C@H](N(C)Cc3ccccc3)[C@H]2O)[C@](C)(O)C[C@@H](C)CN(C)[C@H](C)[C@@H](O)[C@]1(C)O. The standard InChI is InChI=1S/C44H76N2O12/c1-14-33-44(10,52)37(48)29(6)45(11)23-25(2)21-42(8,51)39(58-41-35(47)32(20-26(3)54-41)46(12)24-31-18-16-15-17-19-31)27(4)36(28(5)40(50)56-33)57-34-22-43(9,53-13)38(49)30(7)55-34/h15-19,25-30,32-39,41,47-49,51-52H,14,20-24H2,1-13H3/t25-,26-,27+,28-,29-,30+,32+,33-,34+,35-,36+,37-,38+,39-,41+,42-,43-,44-/m1/s1. The molecular weight excluding hydrogens is 748 g/mol. The maximum Gasteiger partial charge on any atom is 0.311 e. The van der Waals surface area contributed by atoms with Gasteiger partial charge in [0.25, 0.3) is 0 Å². The lowest BCUT2D eigenvalue weighted by molar-refractivity contribution is -0.318. The van der Waals surface area contributed by atoms with Crippen molar-refractivity contribution in [3.8, 4) is 0 Å². The molecule has 3 aliphatic heterocycles. The van der Waals surface area contributed by atoms with Crippen LogP contribution in [-0.2, 0) is 39.8 Å². The number of carbonyl (C=O) groups is 1. The Morgan fingerprint density at radius 3 is 2.17 bits per heavy atom. The summed E-state index contributed by atoms with van der Waals surface area (Å²) in [5.41, 5.74) is -3.34. The van der Waals surface area contributed by atoms with E-state index in [-0.39, 0.29) is 37.3 Å². The second-order valence-electron chi connectivity index (χ2n) is 18.6. The number of hydrogen-bond donors (Lipinski definition) is 5. The molecule has 0 aromatic heterocycles. The summed E-state index contributed by atoms with van der Waals surface area (Å²) >= 11 is 0. The fourth-order valence-electron chi connectivity index (χ4n) is 9.65. The molecule has 0 aliphatic carbocycles. The van der Waals surface area contributed by atoms with E-state index < -0.39 is 96.0 Å². The second-order valence-corrected chi connectivity index (χ2v) is 18.6. The first-order chi connectivity index (χ1) is 27.0. The van der Waals surface area contributed by atoms with Gasteiger partial charge in [-0.2, -0.15) is 0 Å². The molecule has 4 rings (SSSR count). The summed E-state index contributed by atoms with van der Waals surface area (Å²) < 4.78 is 38.0. The first-order valence-corrected chi connectivity index (χ1v) is 21.3. The summed E-state index contributed by atoms with van der Waals surface area (Å²) in [7, 11) is 5.32. The maximum atomic E-state index is 14.3. The quantitative estimate of drug-likeness (QED) is 0.229. The molecular formula is C44H76N2O12. The molecule has 3 aliphatic rings. The number of nitrogens with zero attached hydrogens (tertiary/aromatic N) is 2. The van der Waals surface area contributed by atoms with Crippen LogP contribution in [0.4, 0.5) is 0 Å². The Kier molecular flexibility index (Phi) is 16.8. The molecule has 0 spiro atoms. The number of methoxy groups -OCH3 is 1. The van der Waals surface area contributed by atoms with Crippen molar-refractivity contribution in [2.45, 2.75) is 192 Å². The number of aliphatic hydroxyl groups is 5. The van der Waals surface area contributed by atoms with E-state index in [1.807, 2.05) is 70.1 Å². The van der Waals surface area contributed by atoms with Gasteiger partial charge in [0.2, 0.25) is 0 Å². The normalized spacial score (nSPS) is 45.6. The maximum absolute atomic E-state index is 14.3. The topological polar surface area (TPSA) is 180 Å². The van der Waals surface area contributed by atoms with Gasteiger partial charge in [-0.05, 0) is 93.3 Å². The Morgan fingerprint density at radius 2 is 1.57 bits per heavy atom. The highest BCUT2D eigenvalue weighted by Crippen LogP contribution is 2.40. The van der Waals surface area contributed by atoms with Crippen LogP contribution in [0.15, 0.2) is 30.3 Å². The number of rotatable bonds is 9. The number of benzene rings is 1. The summed E-state index contributed by atoms with van der Waals surface area (Å²) in [5, 5.41) is 59.1. The van der Waals surface area contributed by atoms with Crippen molar-refractivity contribution in [1.82, 2.24) is 9.80 Å². The van der Waals surface area contributed by atoms with Crippen molar-refractivity contribution in [3.05, 3.63) is 35.9 Å². The summed E-state index contributed by atoms with van der Waals surface area (Å²) in [6.07, 6.45) is -8.51. The second kappa shape index (κ2) is 19.9. The largest absolute Gasteiger partial charge is 0.459 e. The van der Waals surface area contributed by atoms with Gasteiger partial charge in [-0.15, -0.1) is 0 Å². The molecule has 3 fully saturated rings. The molecule has 58 heavy (non-hydrogen) atoms. The molecule has 0 saturated carbocycles. The third-order valence-electron chi connectivity index (χ3n) is 13.4. The summed E-state index contributed by atoms with van der Waals surface area (Å²) in [6.45, 7) is 18.7. The minimum Gasteiger partial charge on any atom is -0.459 e. The molecule has 1 aromatic carbocycles. The minimum atomic E-state index is -1.81. The van der Waals surface area contributed by atoms with Gasteiger partial charge in [0, 0.05) is 44.6 Å². The fourth-order valence-corrected chi connectivity index (χ4v) is 9.65. The smallest absolute Gasteiger partial charge is 0.311 e. The van der Waals surface area contributed by atoms with Gasteiger partial charge in [0.1, 0.15) is 30.0 Å². The lowest BCUT2D eigenvalue weighted by Gasteiger charge is -2.49. The van der Waals surface area contributed by atoms with Crippen LogP contribution in [0.3, 0.4) is 0 Å². The van der Waals surface area contributed by atoms with Crippen LogP contribution < -0.4 is 0 Å². The number of hydrogen-bond acceptors (Lipinski definition) is 14. The molecule has 0 bridgehead atoms. The van der Waals surface area contributed by atoms with Crippen molar-refractivity contribution < 1.29 is 58.7 Å². The van der Waals surface area contributed by atoms with Crippen LogP contribution in [0.5, 0.6) is 0 Å². The molecule has 3 saturated heterocycles. The van der Waals surface area contributed by atoms with Gasteiger partial charge in [0.15, 0.2) is 12.6 Å². The van der Waals surface area contributed by atoms with E-state index in [9.17, 15) is 30.3 Å². The van der Waals surface area contributed by atoms with Crippen LogP contribution >= 0.6 is 0 Å². The highest BCUT2D eigenvalue weighted by atomic mass is 16.7. The van der Waals surface area contributed by atoms with E-state index >= 15 is 0 Å². The molecule has 5 N–H and O–H groups in total. The van der Waals surface area contributed by atoms with E-state index in [0.29, 0.717) is 19.5 Å². The van der Waals surface area contributed by atoms with Gasteiger partial charge < -0.3 is 58.9 Å². The van der Waals surface area contributed by atoms with E-state index in [2.05, 4.69) is 4.90 Å². The predicted octanol–water partition coefficient (Wildman–Crippen LogP) is 3.47. The zero-order valence-corrected chi connectivity index (χ0v) is 37.3. The number of aliphatic hydroxyl groups excluding tert-OH is 3. The van der Waals surface area contributed by atoms with Gasteiger partial charge in [-0.3, -0.25) is 9.69 Å². The van der Waals surface area contributed by atoms with Crippen molar-refractivity contribution in [3.63, 3.8) is 0 Å². The third-order valence-corrected chi connectivity index (χ3v) is 13.4. The van der Waals surface area contributed by atoms with E-state index in [1.165, 1.54) is 14.0 Å². The van der Waals surface area contributed by atoms with Gasteiger partial charge in [0.05, 0.1) is 41.5 Å². The first kappa shape index (κ1) is 48.9. The summed E-state index contributed by atoms with van der Waals surface area (Å²) in [5.74, 6) is -2.65. The lowest BCUT2D eigenvalue weighted by Crippen LogP contribution is -2.60. The number of ether oxygens (including phenoxy) is 6. The number of carbonyl (C=O) groups excluding carboxylic acids is 1. The minimum absolute atomic E-state index is 0.124. The molecule has 0 unspecified atom stereocenters. The number of esters is 1. The molecule has 14 nitrogen and oxygen atoms in total. The molecule has 14 heteroatoms. The summed E-state index contributed by atoms with van der Waals surface area (Å²) in [6, 6.07) is 9.12. The summed E-state index contributed by atoms with van der Waals surface area (Å²) in [4.78, 5) is 18.4. The Morgan fingerprint density at radius 1 is 0.931 bits per heavy atom. The van der Waals surface area contributed by atoms with Crippen LogP contribution in [0, 0.1) is 17.8 Å². The first-order valence-electron chi connectivity index (χ1n) is 21.3. The van der Waals surface area contributed by atoms with Crippen molar-refractivity contribution in [1.29, 1.82) is 0 Å². The Labute approximate surface area is 347 Å². The number of likely N-dealkylation sites (N-methyl/N-ethyl adjacent to an activating group) is 2. The highest BCUT2D eigenvalue weighted by Gasteiger charge is 2.52. The molecule has 0 radical (unpaired) electrons. The van der Waals surface area contributed by atoms with E-state index in [1.54, 1.807) is 41.5 Å². The Bertz CT molecular complexity index is 1440. The van der Waals surface area contributed by atoms with E-state index in [4.69, 9.17) is 28.4 Å². The molecule has 18 atom stereocenters. The number of cyclic esters (lactones) is 1. The average Bonchev–Trinajstić information content (AvgIpc) is 3.16. The molecule has 0 amide bonds. The van der Waals surface area contributed by atoms with Gasteiger partial charge >= 0.3 is 5.97 Å². The molecule has 1 aromatic rings. The Balaban J connectivity index is 1.79. The van der Waals surface area contributed by atoms with Crippen molar-refractivity contribution >= 4 is 5.97 Å². The van der Waals surface area contributed by atoms with Gasteiger partial charge in [-0.25, -0.2) is 0 Å². The van der Waals surface area contributed by atoms with Gasteiger partial charge in [-0.1, -0.05) is 51.1 Å². The fraction of sp³-hybridized carbons (Fsp3) is 0.841. The average molecular weight is 825 g/mol.